The number of hydrogen-bond acceptors (Lipinski definition) is 5. The number of rotatable bonds is 8. The lowest BCUT2D eigenvalue weighted by atomic mass is 10.1. The fraction of sp³-hybridized carbons (Fsp3) is 0.333. The SMILES string of the molecule is CCOc1ccc2nc(N(CCN(C)C)C(=O)Cc3ccccc3Cl)sc2c1.Cl. The van der Waals surface area contributed by atoms with Crippen LogP contribution < -0.4 is 9.64 Å². The molecule has 1 amide bonds. The summed E-state index contributed by atoms with van der Waals surface area (Å²) in [6.45, 7) is 3.88. The fourth-order valence-corrected chi connectivity index (χ4v) is 4.03. The van der Waals surface area contributed by atoms with Crippen molar-refractivity contribution >= 4 is 56.6 Å². The van der Waals surface area contributed by atoms with Crippen LogP contribution in [0.1, 0.15) is 12.5 Å². The van der Waals surface area contributed by atoms with Crippen LogP contribution in [-0.4, -0.2) is 49.6 Å². The molecule has 0 atom stereocenters. The van der Waals surface area contributed by atoms with Gasteiger partial charge >= 0.3 is 0 Å². The third kappa shape index (κ3) is 6.06. The molecule has 29 heavy (non-hydrogen) atoms. The molecule has 8 heteroatoms. The molecule has 0 aliphatic rings. The zero-order valence-corrected chi connectivity index (χ0v) is 19.1. The van der Waals surface area contributed by atoms with Gasteiger partial charge in [0.25, 0.3) is 0 Å². The second-order valence-corrected chi connectivity index (χ2v) is 8.09. The van der Waals surface area contributed by atoms with E-state index in [1.165, 1.54) is 11.3 Å². The molecule has 0 fully saturated rings. The van der Waals surface area contributed by atoms with Crippen LogP contribution in [0.5, 0.6) is 5.75 Å². The molecule has 5 nitrogen and oxygen atoms in total. The standard InChI is InChI=1S/C21H24ClN3O2S.ClH/c1-4-27-16-9-10-18-19(14-16)28-21(23-18)25(12-11-24(2)3)20(26)13-15-7-5-6-8-17(15)22;/h5-10,14H,4,11-13H2,1-3H3;1H. The molecule has 3 aromatic rings. The van der Waals surface area contributed by atoms with Gasteiger partial charge in [0.1, 0.15) is 5.75 Å². The highest BCUT2D eigenvalue weighted by Crippen LogP contribution is 2.32. The predicted molar refractivity (Wildman–Crippen MR) is 124 cm³/mol. The van der Waals surface area contributed by atoms with E-state index < -0.39 is 0 Å². The monoisotopic (exact) mass is 453 g/mol. The average Bonchev–Trinajstić information content (AvgIpc) is 3.06. The van der Waals surface area contributed by atoms with Gasteiger partial charge in [-0.05, 0) is 50.8 Å². The number of benzene rings is 2. The lowest BCUT2D eigenvalue weighted by Crippen LogP contribution is -2.37. The number of amides is 1. The Hall–Kier alpha value is -1.86. The molecular formula is C21H25Cl2N3O2S. The Bertz CT molecular complexity index is 962. The molecule has 2 aromatic carbocycles. The third-order valence-electron chi connectivity index (χ3n) is 4.26. The molecule has 1 heterocycles. The molecule has 1 aromatic heterocycles. The second-order valence-electron chi connectivity index (χ2n) is 6.68. The molecule has 0 aliphatic heterocycles. The number of thiazole rings is 1. The smallest absolute Gasteiger partial charge is 0.233 e. The van der Waals surface area contributed by atoms with Gasteiger partial charge in [0.2, 0.25) is 5.91 Å². The molecule has 0 aliphatic carbocycles. The Morgan fingerprint density at radius 3 is 2.62 bits per heavy atom. The van der Waals surface area contributed by atoms with E-state index in [1.807, 2.05) is 57.4 Å². The van der Waals surface area contributed by atoms with Gasteiger partial charge in [-0.3, -0.25) is 9.69 Å². The minimum atomic E-state index is -0.0148. The molecule has 0 saturated heterocycles. The Balaban J connectivity index is 0.00000300. The van der Waals surface area contributed by atoms with Crippen molar-refractivity contribution < 1.29 is 9.53 Å². The first-order valence-electron chi connectivity index (χ1n) is 9.20. The van der Waals surface area contributed by atoms with Crippen LogP contribution in [0.3, 0.4) is 0 Å². The number of anilines is 1. The van der Waals surface area contributed by atoms with E-state index in [0.717, 1.165) is 28.1 Å². The summed E-state index contributed by atoms with van der Waals surface area (Å²) < 4.78 is 6.58. The normalized spacial score (nSPS) is 10.8. The number of fused-ring (bicyclic) bond motifs is 1. The lowest BCUT2D eigenvalue weighted by Gasteiger charge is -2.22. The van der Waals surface area contributed by atoms with Gasteiger partial charge in [-0.2, -0.15) is 0 Å². The molecular weight excluding hydrogens is 429 g/mol. The van der Waals surface area contributed by atoms with Gasteiger partial charge in [-0.15, -0.1) is 12.4 Å². The summed E-state index contributed by atoms with van der Waals surface area (Å²) in [6, 6.07) is 13.3. The van der Waals surface area contributed by atoms with Crippen LogP contribution in [-0.2, 0) is 11.2 Å². The maximum atomic E-state index is 13.1. The Kier molecular flexibility index (Phi) is 8.71. The van der Waals surface area contributed by atoms with Crippen LogP contribution >= 0.6 is 35.3 Å². The molecule has 0 saturated carbocycles. The van der Waals surface area contributed by atoms with Crippen molar-refractivity contribution in [2.24, 2.45) is 0 Å². The van der Waals surface area contributed by atoms with Gasteiger partial charge < -0.3 is 9.64 Å². The van der Waals surface area contributed by atoms with Crippen LogP contribution in [0.4, 0.5) is 5.13 Å². The van der Waals surface area contributed by atoms with Gasteiger partial charge in [0.15, 0.2) is 5.13 Å². The number of carbonyl (C=O) groups excluding carboxylic acids is 1. The molecule has 156 valence electrons. The number of halogens is 2. The topological polar surface area (TPSA) is 45.7 Å². The quantitative estimate of drug-likeness (QED) is 0.486. The van der Waals surface area contributed by atoms with Crippen molar-refractivity contribution in [1.82, 2.24) is 9.88 Å². The minimum absolute atomic E-state index is 0. The van der Waals surface area contributed by atoms with Crippen LogP contribution in [0.2, 0.25) is 5.02 Å². The molecule has 0 radical (unpaired) electrons. The van der Waals surface area contributed by atoms with E-state index in [0.29, 0.717) is 23.3 Å². The van der Waals surface area contributed by atoms with Crippen molar-refractivity contribution in [3.8, 4) is 5.75 Å². The fourth-order valence-electron chi connectivity index (χ4n) is 2.79. The maximum Gasteiger partial charge on any atom is 0.233 e. The van der Waals surface area contributed by atoms with Crippen molar-refractivity contribution in [3.05, 3.63) is 53.1 Å². The van der Waals surface area contributed by atoms with Crippen molar-refractivity contribution in [3.63, 3.8) is 0 Å². The average molecular weight is 454 g/mol. The summed E-state index contributed by atoms with van der Waals surface area (Å²) in [5, 5.41) is 1.30. The van der Waals surface area contributed by atoms with E-state index in [-0.39, 0.29) is 24.7 Å². The van der Waals surface area contributed by atoms with Gasteiger partial charge in [0.05, 0.1) is 23.2 Å². The van der Waals surface area contributed by atoms with Crippen molar-refractivity contribution in [1.29, 1.82) is 0 Å². The van der Waals surface area contributed by atoms with E-state index in [2.05, 4.69) is 4.90 Å². The van der Waals surface area contributed by atoms with Gasteiger partial charge in [-0.25, -0.2) is 4.98 Å². The Labute approximate surface area is 186 Å². The summed E-state index contributed by atoms with van der Waals surface area (Å²) in [4.78, 5) is 21.6. The largest absolute Gasteiger partial charge is 0.494 e. The number of hydrogen-bond donors (Lipinski definition) is 0. The molecule has 0 unspecified atom stereocenters. The molecule has 0 N–H and O–H groups in total. The number of aromatic nitrogens is 1. The maximum absolute atomic E-state index is 13.1. The first-order valence-corrected chi connectivity index (χ1v) is 10.4. The van der Waals surface area contributed by atoms with Crippen LogP contribution in [0.25, 0.3) is 10.2 Å². The Morgan fingerprint density at radius 2 is 1.93 bits per heavy atom. The summed E-state index contributed by atoms with van der Waals surface area (Å²) in [7, 11) is 3.98. The van der Waals surface area contributed by atoms with E-state index in [4.69, 9.17) is 21.3 Å². The summed E-state index contributed by atoms with van der Waals surface area (Å²) >= 11 is 7.75. The van der Waals surface area contributed by atoms with Gasteiger partial charge in [0, 0.05) is 18.1 Å². The highest BCUT2D eigenvalue weighted by Gasteiger charge is 2.21. The van der Waals surface area contributed by atoms with Gasteiger partial charge in [-0.1, -0.05) is 41.1 Å². The minimum Gasteiger partial charge on any atom is -0.494 e. The van der Waals surface area contributed by atoms with Crippen LogP contribution in [0.15, 0.2) is 42.5 Å². The number of ether oxygens (including phenoxy) is 1. The lowest BCUT2D eigenvalue weighted by molar-refractivity contribution is -0.118. The summed E-state index contributed by atoms with van der Waals surface area (Å²) in [6.07, 6.45) is 0.243. The molecule has 0 spiro atoms. The first-order chi connectivity index (χ1) is 13.5. The zero-order valence-electron chi connectivity index (χ0n) is 16.7. The number of nitrogens with zero attached hydrogens (tertiary/aromatic N) is 3. The van der Waals surface area contributed by atoms with E-state index in [1.54, 1.807) is 11.0 Å². The van der Waals surface area contributed by atoms with Crippen LogP contribution in [0, 0.1) is 0 Å². The Morgan fingerprint density at radius 1 is 1.17 bits per heavy atom. The number of likely N-dealkylation sites (N-methyl/N-ethyl adjacent to an activating group) is 1. The molecule has 3 rings (SSSR count). The molecule has 0 bridgehead atoms. The predicted octanol–water partition coefficient (Wildman–Crippen LogP) is 4.91. The van der Waals surface area contributed by atoms with E-state index >= 15 is 0 Å². The zero-order chi connectivity index (χ0) is 20.1. The highest BCUT2D eigenvalue weighted by atomic mass is 35.5. The van der Waals surface area contributed by atoms with E-state index in [9.17, 15) is 4.79 Å². The third-order valence-corrected chi connectivity index (χ3v) is 5.67. The summed E-state index contributed by atoms with van der Waals surface area (Å²) in [5.41, 5.74) is 1.69. The highest BCUT2D eigenvalue weighted by molar-refractivity contribution is 7.22. The van der Waals surface area contributed by atoms with Crippen molar-refractivity contribution in [2.45, 2.75) is 13.3 Å². The number of carbonyl (C=O) groups is 1. The van der Waals surface area contributed by atoms with Crippen molar-refractivity contribution in [2.75, 3.05) is 38.7 Å². The second kappa shape index (κ2) is 10.8. The first kappa shape index (κ1) is 23.4. The summed E-state index contributed by atoms with van der Waals surface area (Å²) in [5.74, 6) is 0.798.